The zero-order valence-corrected chi connectivity index (χ0v) is 14.5. The number of hydrogen-bond donors (Lipinski definition) is 0. The lowest BCUT2D eigenvalue weighted by Crippen LogP contribution is -1.69. The Morgan fingerprint density at radius 1 is 0.458 bits per heavy atom. The van der Waals surface area contributed by atoms with Crippen molar-refractivity contribution < 1.29 is 0 Å². The van der Waals surface area contributed by atoms with E-state index in [1.54, 1.807) is 0 Å². The van der Waals surface area contributed by atoms with Crippen LogP contribution in [0.4, 0.5) is 0 Å². The Morgan fingerprint density at radius 3 is 1.29 bits per heavy atom. The standard InChI is InChI=1S/C22H14S2/c1-3-7-15(8-4-1)21-13-17-18-14-22(16-9-5-2-6-10-16)24-20(18)12-11-19(17)23-21/h1-14H. The first-order valence-electron chi connectivity index (χ1n) is 7.95. The van der Waals surface area contributed by atoms with Gasteiger partial charge in [-0.05, 0) is 35.4 Å². The summed E-state index contributed by atoms with van der Waals surface area (Å²) in [6.07, 6.45) is 0. The van der Waals surface area contributed by atoms with Crippen molar-refractivity contribution in [1.29, 1.82) is 0 Å². The zero-order chi connectivity index (χ0) is 15.9. The van der Waals surface area contributed by atoms with E-state index in [9.17, 15) is 0 Å². The molecular formula is C22H14S2. The second-order valence-electron chi connectivity index (χ2n) is 5.84. The molecule has 0 amide bonds. The average Bonchev–Trinajstić information content (AvgIpc) is 3.27. The maximum atomic E-state index is 2.35. The molecule has 0 N–H and O–H groups in total. The SMILES string of the molecule is c1ccc(-c2cc3c(ccc4sc(-c5ccccc5)cc43)s2)cc1. The van der Waals surface area contributed by atoms with Gasteiger partial charge in [0.05, 0.1) is 0 Å². The second kappa shape index (κ2) is 5.59. The molecule has 0 spiro atoms. The van der Waals surface area contributed by atoms with Crippen molar-refractivity contribution in [2.24, 2.45) is 0 Å². The van der Waals surface area contributed by atoms with Gasteiger partial charge in [-0.2, -0.15) is 0 Å². The normalized spacial score (nSPS) is 11.3. The molecule has 3 aromatic carbocycles. The van der Waals surface area contributed by atoms with Crippen LogP contribution >= 0.6 is 22.7 Å². The van der Waals surface area contributed by atoms with Gasteiger partial charge in [0.25, 0.3) is 0 Å². The summed E-state index contributed by atoms with van der Waals surface area (Å²) >= 11 is 3.75. The summed E-state index contributed by atoms with van der Waals surface area (Å²) in [7, 11) is 0. The summed E-state index contributed by atoms with van der Waals surface area (Å²) in [4.78, 5) is 2.68. The van der Waals surface area contributed by atoms with E-state index in [1.807, 2.05) is 22.7 Å². The first kappa shape index (κ1) is 14.0. The zero-order valence-electron chi connectivity index (χ0n) is 12.9. The highest BCUT2D eigenvalue weighted by Gasteiger charge is 2.11. The molecular weight excluding hydrogens is 328 g/mol. The fourth-order valence-corrected chi connectivity index (χ4v) is 5.28. The van der Waals surface area contributed by atoms with Crippen LogP contribution in [-0.4, -0.2) is 0 Å². The quantitative estimate of drug-likeness (QED) is 0.312. The van der Waals surface area contributed by atoms with Gasteiger partial charge in [0.15, 0.2) is 0 Å². The summed E-state index contributed by atoms with van der Waals surface area (Å²) in [5, 5.41) is 2.74. The van der Waals surface area contributed by atoms with Gasteiger partial charge in [-0.1, -0.05) is 60.7 Å². The van der Waals surface area contributed by atoms with Gasteiger partial charge in [0, 0.05) is 29.9 Å². The lowest BCUT2D eigenvalue weighted by atomic mass is 10.1. The van der Waals surface area contributed by atoms with Gasteiger partial charge in [0.2, 0.25) is 0 Å². The molecule has 0 aliphatic rings. The molecule has 0 unspecified atom stereocenters. The Bertz CT molecular complexity index is 1040. The fourth-order valence-electron chi connectivity index (χ4n) is 3.12. The van der Waals surface area contributed by atoms with Crippen LogP contribution in [0.15, 0.2) is 84.9 Å². The summed E-state index contributed by atoms with van der Waals surface area (Å²) in [5.74, 6) is 0. The van der Waals surface area contributed by atoms with Gasteiger partial charge in [-0.3, -0.25) is 0 Å². The van der Waals surface area contributed by atoms with Crippen LogP contribution in [-0.2, 0) is 0 Å². The number of fused-ring (bicyclic) bond motifs is 3. The first-order chi connectivity index (χ1) is 11.9. The maximum Gasteiger partial charge on any atom is 0.0356 e. The number of rotatable bonds is 2. The van der Waals surface area contributed by atoms with Gasteiger partial charge in [-0.15, -0.1) is 22.7 Å². The molecule has 0 aliphatic heterocycles. The van der Waals surface area contributed by atoms with Crippen LogP contribution in [0.25, 0.3) is 41.1 Å². The third-order valence-electron chi connectivity index (χ3n) is 4.31. The van der Waals surface area contributed by atoms with Gasteiger partial charge >= 0.3 is 0 Å². The molecule has 0 saturated carbocycles. The Hall–Kier alpha value is -2.42. The average molecular weight is 342 g/mol. The lowest BCUT2D eigenvalue weighted by Gasteiger charge is -1.94. The summed E-state index contributed by atoms with van der Waals surface area (Å²) in [5.41, 5.74) is 2.59. The molecule has 114 valence electrons. The van der Waals surface area contributed by atoms with E-state index in [0.29, 0.717) is 0 Å². The molecule has 0 aliphatic carbocycles. The van der Waals surface area contributed by atoms with Crippen LogP contribution in [0.1, 0.15) is 0 Å². The Balaban J connectivity index is 1.72. The molecule has 5 rings (SSSR count). The molecule has 0 nitrogen and oxygen atoms in total. The second-order valence-corrected chi connectivity index (χ2v) is 8.01. The van der Waals surface area contributed by atoms with Crippen molar-refractivity contribution in [3.05, 3.63) is 84.9 Å². The molecule has 0 fully saturated rings. The van der Waals surface area contributed by atoms with E-state index in [0.717, 1.165) is 0 Å². The van der Waals surface area contributed by atoms with Crippen molar-refractivity contribution in [2.75, 3.05) is 0 Å². The van der Waals surface area contributed by atoms with E-state index in [-0.39, 0.29) is 0 Å². The fraction of sp³-hybridized carbons (Fsp3) is 0. The Morgan fingerprint density at radius 2 is 0.875 bits per heavy atom. The van der Waals surface area contributed by atoms with Crippen LogP contribution < -0.4 is 0 Å². The van der Waals surface area contributed by atoms with E-state index in [1.165, 1.54) is 41.1 Å². The topological polar surface area (TPSA) is 0 Å². The minimum absolute atomic E-state index is 1.30. The van der Waals surface area contributed by atoms with Crippen LogP contribution in [0, 0.1) is 0 Å². The minimum atomic E-state index is 1.30. The Kier molecular flexibility index (Phi) is 3.25. The highest BCUT2D eigenvalue weighted by Crippen LogP contribution is 2.41. The molecule has 0 saturated heterocycles. The predicted octanol–water partition coefficient (Wildman–Crippen LogP) is 7.45. The van der Waals surface area contributed by atoms with Crippen molar-refractivity contribution >= 4 is 42.8 Å². The van der Waals surface area contributed by atoms with Crippen molar-refractivity contribution in [1.82, 2.24) is 0 Å². The maximum absolute atomic E-state index is 2.35. The summed E-state index contributed by atoms with van der Waals surface area (Å²) in [6, 6.07) is 30.5. The van der Waals surface area contributed by atoms with Crippen LogP contribution in [0.3, 0.4) is 0 Å². The molecule has 2 heteroatoms. The van der Waals surface area contributed by atoms with Gasteiger partial charge in [-0.25, -0.2) is 0 Å². The number of benzene rings is 3. The highest BCUT2D eigenvalue weighted by atomic mass is 32.1. The third kappa shape index (κ3) is 2.27. The van der Waals surface area contributed by atoms with E-state index in [2.05, 4.69) is 84.9 Å². The molecule has 0 bridgehead atoms. The summed E-state index contributed by atoms with van der Waals surface area (Å²) < 4.78 is 2.72. The third-order valence-corrected chi connectivity index (χ3v) is 6.61. The van der Waals surface area contributed by atoms with E-state index in [4.69, 9.17) is 0 Å². The molecule has 5 aromatic rings. The predicted molar refractivity (Wildman–Crippen MR) is 108 cm³/mol. The van der Waals surface area contributed by atoms with Crippen LogP contribution in [0.5, 0.6) is 0 Å². The van der Waals surface area contributed by atoms with Crippen molar-refractivity contribution in [2.45, 2.75) is 0 Å². The highest BCUT2D eigenvalue weighted by molar-refractivity contribution is 7.24. The largest absolute Gasteiger partial charge is 0.135 e. The van der Waals surface area contributed by atoms with Crippen LogP contribution in [0.2, 0.25) is 0 Å². The van der Waals surface area contributed by atoms with Crippen molar-refractivity contribution in [3.8, 4) is 20.9 Å². The molecule has 24 heavy (non-hydrogen) atoms. The first-order valence-corrected chi connectivity index (χ1v) is 9.59. The minimum Gasteiger partial charge on any atom is -0.135 e. The number of thiophene rings is 2. The van der Waals surface area contributed by atoms with E-state index < -0.39 is 0 Å². The molecule has 0 radical (unpaired) electrons. The van der Waals surface area contributed by atoms with Crippen molar-refractivity contribution in [3.63, 3.8) is 0 Å². The summed E-state index contributed by atoms with van der Waals surface area (Å²) in [6.45, 7) is 0. The lowest BCUT2D eigenvalue weighted by molar-refractivity contribution is 1.70. The molecule has 0 atom stereocenters. The monoisotopic (exact) mass is 342 g/mol. The smallest absolute Gasteiger partial charge is 0.0356 e. The van der Waals surface area contributed by atoms with E-state index >= 15 is 0 Å². The molecule has 2 heterocycles. The molecule has 2 aromatic heterocycles. The van der Waals surface area contributed by atoms with Gasteiger partial charge < -0.3 is 0 Å². The Labute approximate surface area is 148 Å². The number of hydrogen-bond acceptors (Lipinski definition) is 2. The van der Waals surface area contributed by atoms with Gasteiger partial charge in [0.1, 0.15) is 0 Å².